The summed E-state index contributed by atoms with van der Waals surface area (Å²) in [7, 11) is 0. The van der Waals surface area contributed by atoms with Crippen molar-refractivity contribution >= 4 is 29.2 Å². The second kappa shape index (κ2) is 9.00. The van der Waals surface area contributed by atoms with E-state index in [0.717, 1.165) is 11.3 Å². The lowest BCUT2D eigenvalue weighted by molar-refractivity contribution is -0.117. The van der Waals surface area contributed by atoms with Gasteiger partial charge in [-0.2, -0.15) is 0 Å². The Kier molecular flexibility index (Phi) is 6.22. The number of rotatable bonds is 7. The summed E-state index contributed by atoms with van der Waals surface area (Å²) in [5.74, 6) is -0.243. The first-order chi connectivity index (χ1) is 13.2. The number of nitrogens with one attached hydrogen (secondary N) is 2. The van der Waals surface area contributed by atoms with Crippen molar-refractivity contribution < 1.29 is 14.0 Å². The monoisotopic (exact) mass is 380 g/mol. The molecule has 0 saturated carbocycles. The molecule has 2 amide bonds. The van der Waals surface area contributed by atoms with E-state index in [4.69, 9.17) is 4.42 Å². The predicted octanol–water partition coefficient (Wildman–Crippen LogP) is 3.99. The maximum Gasteiger partial charge on any atom is 0.268 e. The predicted molar refractivity (Wildman–Crippen MR) is 106 cm³/mol. The lowest BCUT2D eigenvalue weighted by atomic mass is 10.2. The van der Waals surface area contributed by atoms with E-state index in [-0.39, 0.29) is 17.5 Å². The SMILES string of the molecule is CCc1ccc(CNC(=O)/C(=C/c2ccco2)NC(=O)c2ccccc2)s1. The van der Waals surface area contributed by atoms with Gasteiger partial charge in [-0.15, -0.1) is 11.3 Å². The molecule has 0 fully saturated rings. The van der Waals surface area contributed by atoms with Gasteiger partial charge in [0.05, 0.1) is 12.8 Å². The molecule has 0 unspecified atom stereocenters. The molecule has 3 rings (SSSR count). The Balaban J connectivity index is 1.73. The van der Waals surface area contributed by atoms with Gasteiger partial charge in [0.15, 0.2) is 0 Å². The Bertz CT molecular complexity index is 928. The fourth-order valence-electron chi connectivity index (χ4n) is 2.43. The number of benzene rings is 1. The van der Waals surface area contributed by atoms with Crippen molar-refractivity contribution in [2.45, 2.75) is 19.9 Å². The van der Waals surface area contributed by atoms with Gasteiger partial charge >= 0.3 is 0 Å². The lowest BCUT2D eigenvalue weighted by Crippen LogP contribution is -2.34. The third kappa shape index (κ3) is 5.18. The number of hydrogen-bond donors (Lipinski definition) is 2. The summed E-state index contributed by atoms with van der Waals surface area (Å²) in [6.45, 7) is 2.50. The number of thiophene rings is 1. The average Bonchev–Trinajstić information content (AvgIpc) is 3.38. The zero-order chi connectivity index (χ0) is 19.1. The van der Waals surface area contributed by atoms with E-state index in [1.807, 2.05) is 12.1 Å². The van der Waals surface area contributed by atoms with Crippen LogP contribution in [0.2, 0.25) is 0 Å². The quantitative estimate of drug-likeness (QED) is 0.609. The number of aryl methyl sites for hydroxylation is 1. The van der Waals surface area contributed by atoms with E-state index in [9.17, 15) is 9.59 Å². The molecular formula is C21H20N2O3S. The van der Waals surface area contributed by atoms with Crippen LogP contribution in [0, 0.1) is 0 Å². The van der Waals surface area contributed by atoms with Gasteiger partial charge in [-0.25, -0.2) is 0 Å². The van der Waals surface area contributed by atoms with Crippen LogP contribution in [-0.4, -0.2) is 11.8 Å². The number of hydrogen-bond acceptors (Lipinski definition) is 4. The maximum absolute atomic E-state index is 12.7. The number of furan rings is 1. The van der Waals surface area contributed by atoms with Crippen molar-refractivity contribution in [2.75, 3.05) is 0 Å². The van der Waals surface area contributed by atoms with Crippen molar-refractivity contribution in [3.63, 3.8) is 0 Å². The molecule has 0 atom stereocenters. The molecule has 2 N–H and O–H groups in total. The maximum atomic E-state index is 12.7. The molecule has 0 aliphatic rings. The fraction of sp³-hybridized carbons (Fsp3) is 0.143. The highest BCUT2D eigenvalue weighted by Gasteiger charge is 2.15. The third-order valence-corrected chi connectivity index (χ3v) is 5.08. The van der Waals surface area contributed by atoms with Gasteiger partial charge < -0.3 is 15.1 Å². The van der Waals surface area contributed by atoms with Crippen molar-refractivity contribution in [1.82, 2.24) is 10.6 Å². The topological polar surface area (TPSA) is 71.3 Å². The molecule has 1 aromatic carbocycles. The lowest BCUT2D eigenvalue weighted by Gasteiger charge is -2.10. The first kappa shape index (κ1) is 18.7. The Morgan fingerprint density at radius 2 is 1.81 bits per heavy atom. The summed E-state index contributed by atoms with van der Waals surface area (Å²) in [4.78, 5) is 27.4. The van der Waals surface area contributed by atoms with E-state index in [1.165, 1.54) is 17.2 Å². The van der Waals surface area contributed by atoms with Crippen molar-refractivity contribution in [1.29, 1.82) is 0 Å². The van der Waals surface area contributed by atoms with E-state index in [2.05, 4.69) is 23.6 Å². The van der Waals surface area contributed by atoms with Crippen LogP contribution in [0.15, 0.2) is 71.0 Å². The molecule has 0 aliphatic heterocycles. The van der Waals surface area contributed by atoms with Crippen LogP contribution >= 0.6 is 11.3 Å². The average molecular weight is 380 g/mol. The summed E-state index contributed by atoms with van der Waals surface area (Å²) >= 11 is 1.66. The highest BCUT2D eigenvalue weighted by Crippen LogP contribution is 2.16. The highest BCUT2D eigenvalue weighted by molar-refractivity contribution is 7.11. The van der Waals surface area contributed by atoms with Crippen LogP contribution in [0.1, 0.15) is 32.8 Å². The van der Waals surface area contributed by atoms with Crippen molar-refractivity contribution in [2.24, 2.45) is 0 Å². The Morgan fingerprint density at radius 1 is 1.04 bits per heavy atom. The normalized spacial score (nSPS) is 11.2. The summed E-state index contributed by atoms with van der Waals surface area (Å²) < 4.78 is 5.28. The molecule has 138 valence electrons. The van der Waals surface area contributed by atoms with Crippen LogP contribution in [-0.2, 0) is 17.8 Å². The van der Waals surface area contributed by atoms with E-state index < -0.39 is 0 Å². The first-order valence-corrected chi connectivity index (χ1v) is 9.44. The molecule has 0 spiro atoms. The minimum absolute atomic E-state index is 0.131. The zero-order valence-electron chi connectivity index (χ0n) is 14.9. The van der Waals surface area contributed by atoms with Gasteiger partial charge in [-0.3, -0.25) is 9.59 Å². The van der Waals surface area contributed by atoms with Crippen LogP contribution in [0.4, 0.5) is 0 Å². The summed E-state index contributed by atoms with van der Waals surface area (Å²) in [5, 5.41) is 5.53. The largest absolute Gasteiger partial charge is 0.465 e. The Labute approximate surface area is 161 Å². The van der Waals surface area contributed by atoms with Gasteiger partial charge in [0, 0.05) is 21.4 Å². The number of carbonyl (C=O) groups excluding carboxylic acids is 2. The van der Waals surface area contributed by atoms with Crippen LogP contribution < -0.4 is 10.6 Å². The van der Waals surface area contributed by atoms with Crippen LogP contribution in [0.25, 0.3) is 6.08 Å². The van der Waals surface area contributed by atoms with Crippen LogP contribution in [0.3, 0.4) is 0 Å². The summed E-state index contributed by atoms with van der Waals surface area (Å²) in [6, 6.07) is 16.2. The molecule has 3 aromatic rings. The smallest absolute Gasteiger partial charge is 0.268 e. The highest BCUT2D eigenvalue weighted by atomic mass is 32.1. The minimum Gasteiger partial charge on any atom is -0.465 e. The molecule has 5 nitrogen and oxygen atoms in total. The van der Waals surface area contributed by atoms with Gasteiger partial charge in [0.2, 0.25) is 0 Å². The summed E-state index contributed by atoms with van der Waals surface area (Å²) in [5.41, 5.74) is 0.604. The number of amides is 2. The van der Waals surface area contributed by atoms with Gasteiger partial charge in [-0.05, 0) is 42.8 Å². The Morgan fingerprint density at radius 3 is 2.48 bits per heavy atom. The molecule has 6 heteroatoms. The van der Waals surface area contributed by atoms with Gasteiger partial charge in [-0.1, -0.05) is 25.1 Å². The number of carbonyl (C=O) groups is 2. The summed E-state index contributed by atoms with van der Waals surface area (Å²) in [6.07, 6.45) is 4.00. The molecule has 2 heterocycles. The Hall–Kier alpha value is -3.12. The second-order valence-corrected chi connectivity index (χ2v) is 7.05. The van der Waals surface area contributed by atoms with E-state index in [0.29, 0.717) is 17.9 Å². The molecule has 0 bridgehead atoms. The molecule has 27 heavy (non-hydrogen) atoms. The van der Waals surface area contributed by atoms with E-state index >= 15 is 0 Å². The standard InChI is InChI=1S/C21H20N2O3S/c1-2-17-10-11-18(27-17)14-22-21(25)19(13-16-9-6-12-26-16)23-20(24)15-7-4-3-5-8-15/h3-13H,2,14H2,1H3,(H,22,25)(H,23,24)/b19-13-. The van der Waals surface area contributed by atoms with E-state index in [1.54, 1.807) is 47.7 Å². The van der Waals surface area contributed by atoms with Gasteiger partial charge in [0.1, 0.15) is 11.5 Å². The van der Waals surface area contributed by atoms with Crippen LogP contribution in [0.5, 0.6) is 0 Å². The van der Waals surface area contributed by atoms with Gasteiger partial charge in [0.25, 0.3) is 11.8 Å². The molecule has 0 aliphatic carbocycles. The molecular weight excluding hydrogens is 360 g/mol. The van der Waals surface area contributed by atoms with Crippen molar-refractivity contribution in [3.8, 4) is 0 Å². The molecule has 2 aromatic heterocycles. The first-order valence-electron chi connectivity index (χ1n) is 8.63. The minimum atomic E-state index is -0.373. The van der Waals surface area contributed by atoms with Crippen molar-refractivity contribution in [3.05, 3.63) is 87.6 Å². The fourth-order valence-corrected chi connectivity index (χ4v) is 3.33. The molecule has 0 saturated heterocycles. The second-order valence-electron chi connectivity index (χ2n) is 5.80. The zero-order valence-corrected chi connectivity index (χ0v) is 15.7. The third-order valence-electron chi connectivity index (χ3n) is 3.85. The molecule has 0 radical (unpaired) electrons.